The molecule has 164 valence electrons. The Balaban J connectivity index is 1.72. The van der Waals surface area contributed by atoms with Crippen LogP contribution in [0.2, 0.25) is 0 Å². The number of carbonyl (C=O) groups excluding carboxylic acids is 1. The number of nitrogens with zero attached hydrogens (tertiary/aromatic N) is 2. The molecule has 7 nitrogen and oxygen atoms in total. The summed E-state index contributed by atoms with van der Waals surface area (Å²) in [6.07, 6.45) is 3.65. The third-order valence-electron chi connectivity index (χ3n) is 6.52. The molecule has 5 rings (SSSR count). The Hall–Kier alpha value is -3.61. The van der Waals surface area contributed by atoms with Crippen molar-refractivity contribution in [3.05, 3.63) is 92.4 Å². The highest BCUT2D eigenvalue weighted by Gasteiger charge is 2.41. The Morgan fingerprint density at radius 2 is 1.81 bits per heavy atom. The first kappa shape index (κ1) is 20.3. The molecule has 1 atom stereocenters. The van der Waals surface area contributed by atoms with Gasteiger partial charge >= 0.3 is 5.97 Å². The fourth-order valence-corrected chi connectivity index (χ4v) is 4.99. The number of likely N-dealkylation sites (tertiary alicyclic amines) is 1. The van der Waals surface area contributed by atoms with Crippen molar-refractivity contribution in [2.75, 3.05) is 20.2 Å². The lowest BCUT2D eigenvalue weighted by molar-refractivity contribution is -0.384. The molecule has 2 aromatic carbocycles. The molecule has 7 heteroatoms. The minimum absolute atomic E-state index is 0.0207. The molecule has 2 heterocycles. The number of non-ortho nitro benzene ring substituents is 1. The SMILES string of the molecule is COC(=O)C1=C(N2CCCC2)OC2=C(CCc3ccccc32)C1c1ccc([N+](=O)[O-])cc1. The summed E-state index contributed by atoms with van der Waals surface area (Å²) in [6.45, 7) is 1.63. The number of esters is 1. The molecule has 2 aliphatic heterocycles. The van der Waals surface area contributed by atoms with E-state index >= 15 is 0 Å². The second kappa shape index (κ2) is 8.15. The van der Waals surface area contributed by atoms with Gasteiger partial charge in [0, 0.05) is 36.7 Å². The molecule has 1 saturated heterocycles. The molecule has 0 bridgehead atoms. The van der Waals surface area contributed by atoms with Crippen LogP contribution in [0.25, 0.3) is 5.76 Å². The van der Waals surface area contributed by atoms with E-state index in [-0.39, 0.29) is 11.6 Å². The van der Waals surface area contributed by atoms with Crippen molar-refractivity contribution in [2.24, 2.45) is 0 Å². The van der Waals surface area contributed by atoms with E-state index in [0.29, 0.717) is 11.5 Å². The number of aryl methyl sites for hydroxylation is 1. The molecule has 32 heavy (non-hydrogen) atoms. The molecule has 0 spiro atoms. The van der Waals surface area contributed by atoms with E-state index in [4.69, 9.17) is 9.47 Å². The minimum atomic E-state index is -0.430. The third-order valence-corrected chi connectivity index (χ3v) is 6.52. The summed E-state index contributed by atoms with van der Waals surface area (Å²) >= 11 is 0. The van der Waals surface area contributed by atoms with Crippen LogP contribution < -0.4 is 0 Å². The first-order chi connectivity index (χ1) is 15.6. The van der Waals surface area contributed by atoms with Gasteiger partial charge in [0.2, 0.25) is 5.88 Å². The van der Waals surface area contributed by atoms with E-state index < -0.39 is 10.9 Å². The molecule has 0 saturated carbocycles. The Bertz CT molecular complexity index is 1140. The highest BCUT2D eigenvalue weighted by Crippen LogP contribution is 2.49. The number of hydrogen-bond donors (Lipinski definition) is 0. The maximum atomic E-state index is 13.1. The lowest BCUT2D eigenvalue weighted by atomic mass is 9.76. The molecule has 1 fully saturated rings. The van der Waals surface area contributed by atoms with Crippen LogP contribution in [0.3, 0.4) is 0 Å². The summed E-state index contributed by atoms with van der Waals surface area (Å²) in [5.74, 6) is 0.537. The van der Waals surface area contributed by atoms with E-state index in [1.54, 1.807) is 12.1 Å². The maximum Gasteiger partial charge on any atom is 0.340 e. The maximum absolute atomic E-state index is 13.1. The zero-order valence-corrected chi connectivity index (χ0v) is 17.9. The van der Waals surface area contributed by atoms with Crippen molar-refractivity contribution in [2.45, 2.75) is 31.6 Å². The number of methoxy groups -OCH3 is 1. The number of ether oxygens (including phenoxy) is 2. The standard InChI is InChI=1S/C25H24N2O5/c1-31-25(28)22-21(17-8-11-18(12-9-17)27(29)30)20-13-10-16-6-2-3-7-19(16)23(20)32-24(22)26-14-4-5-15-26/h2-3,6-9,11-12,21H,4-5,10,13-15H2,1H3. The minimum Gasteiger partial charge on any atom is -0.465 e. The molecular weight excluding hydrogens is 408 g/mol. The molecule has 0 aromatic heterocycles. The van der Waals surface area contributed by atoms with Gasteiger partial charge in [-0.05, 0) is 42.4 Å². The van der Waals surface area contributed by atoms with Crippen LogP contribution in [-0.2, 0) is 20.7 Å². The van der Waals surface area contributed by atoms with Gasteiger partial charge in [0.15, 0.2) is 0 Å². The zero-order valence-electron chi connectivity index (χ0n) is 17.9. The first-order valence-corrected chi connectivity index (χ1v) is 10.9. The topological polar surface area (TPSA) is 81.9 Å². The smallest absolute Gasteiger partial charge is 0.340 e. The number of rotatable bonds is 4. The Kier molecular flexibility index (Phi) is 5.17. The highest BCUT2D eigenvalue weighted by molar-refractivity contribution is 5.94. The van der Waals surface area contributed by atoms with Crippen LogP contribution in [0.1, 0.15) is 41.9 Å². The highest BCUT2D eigenvalue weighted by atomic mass is 16.6. The fraction of sp³-hybridized carbons (Fsp3) is 0.320. The van der Waals surface area contributed by atoms with Crippen LogP contribution in [0.4, 0.5) is 5.69 Å². The average molecular weight is 432 g/mol. The van der Waals surface area contributed by atoms with Crippen molar-refractivity contribution in [3.63, 3.8) is 0 Å². The fourth-order valence-electron chi connectivity index (χ4n) is 4.99. The summed E-state index contributed by atoms with van der Waals surface area (Å²) in [5, 5.41) is 11.2. The number of fused-ring (bicyclic) bond motifs is 2. The lowest BCUT2D eigenvalue weighted by Crippen LogP contribution is -2.32. The summed E-state index contributed by atoms with van der Waals surface area (Å²) in [5.41, 5.74) is 4.59. The quantitative estimate of drug-likeness (QED) is 0.401. The van der Waals surface area contributed by atoms with Crippen molar-refractivity contribution >= 4 is 17.4 Å². The normalized spacial score (nSPS) is 19.9. The monoisotopic (exact) mass is 432 g/mol. The van der Waals surface area contributed by atoms with Crippen molar-refractivity contribution in [1.29, 1.82) is 0 Å². The van der Waals surface area contributed by atoms with E-state index in [1.165, 1.54) is 24.8 Å². The Morgan fingerprint density at radius 1 is 1.09 bits per heavy atom. The van der Waals surface area contributed by atoms with Gasteiger partial charge in [0.05, 0.1) is 12.0 Å². The van der Waals surface area contributed by atoms with Gasteiger partial charge in [-0.15, -0.1) is 0 Å². The van der Waals surface area contributed by atoms with Gasteiger partial charge < -0.3 is 14.4 Å². The number of benzene rings is 2. The molecule has 3 aliphatic rings. The zero-order chi connectivity index (χ0) is 22.2. The van der Waals surface area contributed by atoms with Crippen LogP contribution in [-0.4, -0.2) is 36.0 Å². The van der Waals surface area contributed by atoms with Crippen molar-refractivity contribution in [1.82, 2.24) is 4.90 Å². The summed E-state index contributed by atoms with van der Waals surface area (Å²) in [7, 11) is 1.38. The number of hydrogen-bond acceptors (Lipinski definition) is 6. The molecular formula is C25H24N2O5. The van der Waals surface area contributed by atoms with Crippen LogP contribution >= 0.6 is 0 Å². The molecule has 0 amide bonds. The predicted octanol–water partition coefficient (Wildman–Crippen LogP) is 4.55. The van der Waals surface area contributed by atoms with Gasteiger partial charge in [-0.25, -0.2) is 4.79 Å². The van der Waals surface area contributed by atoms with E-state index in [0.717, 1.165) is 61.2 Å². The first-order valence-electron chi connectivity index (χ1n) is 10.9. The predicted molar refractivity (Wildman–Crippen MR) is 118 cm³/mol. The second-order valence-electron chi connectivity index (χ2n) is 8.30. The van der Waals surface area contributed by atoms with Crippen LogP contribution in [0, 0.1) is 10.1 Å². The van der Waals surface area contributed by atoms with E-state index in [1.807, 2.05) is 12.1 Å². The van der Waals surface area contributed by atoms with Crippen molar-refractivity contribution < 1.29 is 19.2 Å². The molecule has 1 aliphatic carbocycles. The number of carbonyl (C=O) groups is 1. The van der Waals surface area contributed by atoms with Gasteiger partial charge in [-0.2, -0.15) is 0 Å². The van der Waals surface area contributed by atoms with Gasteiger partial charge in [0.1, 0.15) is 11.3 Å². The molecule has 0 radical (unpaired) electrons. The number of nitro groups is 1. The molecule has 1 unspecified atom stereocenters. The van der Waals surface area contributed by atoms with Gasteiger partial charge in [-0.3, -0.25) is 10.1 Å². The van der Waals surface area contributed by atoms with E-state index in [2.05, 4.69) is 17.0 Å². The Morgan fingerprint density at radius 3 is 2.50 bits per heavy atom. The lowest BCUT2D eigenvalue weighted by Gasteiger charge is -2.37. The summed E-state index contributed by atoms with van der Waals surface area (Å²) < 4.78 is 11.7. The van der Waals surface area contributed by atoms with Gasteiger partial charge in [0.25, 0.3) is 5.69 Å². The molecule has 2 aromatic rings. The third kappa shape index (κ3) is 3.34. The van der Waals surface area contributed by atoms with E-state index in [9.17, 15) is 14.9 Å². The van der Waals surface area contributed by atoms with Crippen LogP contribution in [0.15, 0.2) is 65.6 Å². The Labute approximate surface area is 186 Å². The second-order valence-corrected chi connectivity index (χ2v) is 8.30. The number of allylic oxidation sites excluding steroid dienone is 1. The van der Waals surface area contributed by atoms with Crippen LogP contribution in [0.5, 0.6) is 0 Å². The summed E-state index contributed by atoms with van der Waals surface area (Å²) in [4.78, 5) is 26.0. The summed E-state index contributed by atoms with van der Waals surface area (Å²) in [6, 6.07) is 14.7. The van der Waals surface area contributed by atoms with Crippen molar-refractivity contribution in [3.8, 4) is 0 Å². The van der Waals surface area contributed by atoms with Gasteiger partial charge in [-0.1, -0.05) is 36.4 Å². The largest absolute Gasteiger partial charge is 0.465 e. The number of nitro benzene ring substituents is 1. The average Bonchev–Trinajstić information content (AvgIpc) is 3.37. The molecule has 0 N–H and O–H groups in total.